The van der Waals surface area contributed by atoms with Gasteiger partial charge in [-0.25, -0.2) is 0 Å². The summed E-state index contributed by atoms with van der Waals surface area (Å²) in [5, 5.41) is 11.4. The summed E-state index contributed by atoms with van der Waals surface area (Å²) in [5.74, 6) is -2.87. The van der Waals surface area contributed by atoms with Crippen LogP contribution in [0.1, 0.15) is 19.8 Å². The van der Waals surface area contributed by atoms with Gasteiger partial charge in [-0.3, -0.25) is 14.4 Å². The van der Waals surface area contributed by atoms with E-state index in [2.05, 4.69) is 10.1 Å². The fourth-order valence-corrected chi connectivity index (χ4v) is 2.22. The van der Waals surface area contributed by atoms with Crippen molar-refractivity contribution in [2.24, 2.45) is 17.8 Å². The first kappa shape index (κ1) is 13.5. The van der Waals surface area contributed by atoms with Crippen LogP contribution in [-0.2, 0) is 19.1 Å². The molecule has 6 nitrogen and oxygen atoms in total. The van der Waals surface area contributed by atoms with Crippen molar-refractivity contribution in [2.45, 2.75) is 19.8 Å². The molecule has 1 unspecified atom stereocenters. The molecule has 1 aliphatic carbocycles. The van der Waals surface area contributed by atoms with E-state index < -0.39 is 23.8 Å². The summed E-state index contributed by atoms with van der Waals surface area (Å²) in [4.78, 5) is 33.6. The van der Waals surface area contributed by atoms with Gasteiger partial charge in [-0.2, -0.15) is 0 Å². The van der Waals surface area contributed by atoms with E-state index in [1.807, 2.05) is 6.92 Å². The normalized spacial score (nSPS) is 27.5. The molecule has 0 aromatic rings. The zero-order valence-electron chi connectivity index (χ0n) is 9.93. The molecule has 0 saturated heterocycles. The molecule has 2 N–H and O–H groups in total. The van der Waals surface area contributed by atoms with Crippen LogP contribution in [0.25, 0.3) is 0 Å². The number of methoxy groups -OCH3 is 1. The summed E-state index contributed by atoms with van der Waals surface area (Å²) < 4.78 is 4.39. The van der Waals surface area contributed by atoms with Crippen molar-refractivity contribution in [1.82, 2.24) is 5.32 Å². The Morgan fingerprint density at radius 1 is 1.29 bits per heavy atom. The maximum atomic E-state index is 11.7. The Balaban J connectivity index is 2.55. The molecule has 0 bridgehead atoms. The molecule has 1 rings (SSSR count). The van der Waals surface area contributed by atoms with Crippen molar-refractivity contribution < 1.29 is 24.2 Å². The SMILES string of the molecule is COC(=O)CNC(=O)[C@H]1CC(C)C[C@H]1C(=O)O. The van der Waals surface area contributed by atoms with Gasteiger partial charge in [0.25, 0.3) is 0 Å². The second kappa shape index (κ2) is 5.65. The first-order chi connectivity index (χ1) is 7.95. The van der Waals surface area contributed by atoms with Crippen molar-refractivity contribution in [2.75, 3.05) is 13.7 Å². The van der Waals surface area contributed by atoms with Crippen LogP contribution in [0.2, 0.25) is 0 Å². The third-order valence-corrected chi connectivity index (χ3v) is 3.09. The predicted octanol–water partition coefficient (Wildman–Crippen LogP) is 0.0225. The van der Waals surface area contributed by atoms with Gasteiger partial charge >= 0.3 is 11.9 Å². The lowest BCUT2D eigenvalue weighted by Crippen LogP contribution is -2.38. The van der Waals surface area contributed by atoms with Gasteiger partial charge in [0.1, 0.15) is 6.54 Å². The Hall–Kier alpha value is -1.59. The fourth-order valence-electron chi connectivity index (χ4n) is 2.22. The van der Waals surface area contributed by atoms with Gasteiger partial charge in [0.15, 0.2) is 0 Å². The molecule has 3 atom stereocenters. The van der Waals surface area contributed by atoms with Crippen molar-refractivity contribution in [1.29, 1.82) is 0 Å². The Bertz CT molecular complexity index is 328. The van der Waals surface area contributed by atoms with Gasteiger partial charge < -0.3 is 15.2 Å². The highest BCUT2D eigenvalue weighted by Gasteiger charge is 2.41. The van der Waals surface area contributed by atoms with E-state index in [0.717, 1.165) is 0 Å². The number of carboxylic acid groups (broad SMARTS) is 1. The molecular formula is C11H17NO5. The second-order valence-corrected chi connectivity index (χ2v) is 4.42. The summed E-state index contributed by atoms with van der Waals surface area (Å²) in [6, 6.07) is 0. The third-order valence-electron chi connectivity index (χ3n) is 3.09. The lowest BCUT2D eigenvalue weighted by atomic mass is 9.95. The van der Waals surface area contributed by atoms with Gasteiger partial charge in [0.2, 0.25) is 5.91 Å². The monoisotopic (exact) mass is 243 g/mol. The van der Waals surface area contributed by atoms with Crippen LogP contribution in [0.4, 0.5) is 0 Å². The minimum Gasteiger partial charge on any atom is -0.481 e. The Kier molecular flexibility index (Phi) is 4.48. The molecule has 0 aromatic heterocycles. The molecule has 0 aliphatic heterocycles. The highest BCUT2D eigenvalue weighted by atomic mass is 16.5. The quantitative estimate of drug-likeness (QED) is 0.679. The third kappa shape index (κ3) is 3.44. The Labute approximate surface area is 99.3 Å². The van der Waals surface area contributed by atoms with Crippen LogP contribution in [0, 0.1) is 17.8 Å². The zero-order chi connectivity index (χ0) is 13.0. The molecule has 0 heterocycles. The van der Waals surface area contributed by atoms with Crippen LogP contribution in [-0.4, -0.2) is 36.6 Å². The molecule has 96 valence electrons. The average molecular weight is 243 g/mol. The Morgan fingerprint density at radius 2 is 1.88 bits per heavy atom. The number of carbonyl (C=O) groups excluding carboxylic acids is 2. The zero-order valence-corrected chi connectivity index (χ0v) is 9.93. The molecule has 1 fully saturated rings. The summed E-state index contributed by atoms with van der Waals surface area (Å²) in [5.41, 5.74) is 0. The predicted molar refractivity (Wildman–Crippen MR) is 58.0 cm³/mol. The number of hydrogen-bond acceptors (Lipinski definition) is 4. The number of rotatable bonds is 4. The van der Waals surface area contributed by atoms with E-state index in [4.69, 9.17) is 5.11 Å². The molecule has 0 aromatic carbocycles. The molecule has 6 heteroatoms. The van der Waals surface area contributed by atoms with Crippen LogP contribution in [0.15, 0.2) is 0 Å². The molecule has 0 spiro atoms. The highest BCUT2D eigenvalue weighted by Crippen LogP contribution is 2.36. The topological polar surface area (TPSA) is 92.7 Å². The van der Waals surface area contributed by atoms with Crippen LogP contribution in [0.5, 0.6) is 0 Å². The first-order valence-corrected chi connectivity index (χ1v) is 5.53. The number of carbonyl (C=O) groups is 3. The number of amides is 1. The number of hydrogen-bond donors (Lipinski definition) is 2. The number of aliphatic carboxylic acids is 1. The van der Waals surface area contributed by atoms with E-state index in [-0.39, 0.29) is 18.4 Å². The number of carboxylic acids is 1. The van der Waals surface area contributed by atoms with Crippen molar-refractivity contribution in [3.05, 3.63) is 0 Å². The number of ether oxygens (including phenoxy) is 1. The standard InChI is InChI=1S/C11H17NO5/c1-6-3-7(8(4-6)11(15)16)10(14)12-5-9(13)17-2/h6-8H,3-5H2,1-2H3,(H,12,14)(H,15,16)/t6?,7-,8+/m0/s1. The van der Waals surface area contributed by atoms with E-state index >= 15 is 0 Å². The van der Waals surface area contributed by atoms with Gasteiger partial charge in [0, 0.05) is 0 Å². The van der Waals surface area contributed by atoms with Crippen LogP contribution < -0.4 is 5.32 Å². The fraction of sp³-hybridized carbons (Fsp3) is 0.727. The van der Waals surface area contributed by atoms with Gasteiger partial charge in [0.05, 0.1) is 18.9 Å². The Morgan fingerprint density at radius 3 is 2.41 bits per heavy atom. The maximum Gasteiger partial charge on any atom is 0.325 e. The maximum absolute atomic E-state index is 11.7. The van der Waals surface area contributed by atoms with Crippen LogP contribution in [0.3, 0.4) is 0 Å². The van der Waals surface area contributed by atoms with E-state index in [9.17, 15) is 14.4 Å². The van der Waals surface area contributed by atoms with E-state index in [1.165, 1.54) is 7.11 Å². The number of nitrogens with one attached hydrogen (secondary N) is 1. The minimum absolute atomic E-state index is 0.213. The lowest BCUT2D eigenvalue weighted by Gasteiger charge is -2.14. The first-order valence-electron chi connectivity index (χ1n) is 5.53. The van der Waals surface area contributed by atoms with E-state index in [1.54, 1.807) is 0 Å². The number of esters is 1. The summed E-state index contributed by atoms with van der Waals surface area (Å²) in [7, 11) is 1.23. The largest absolute Gasteiger partial charge is 0.481 e. The van der Waals surface area contributed by atoms with Gasteiger partial charge in [-0.15, -0.1) is 0 Å². The smallest absolute Gasteiger partial charge is 0.325 e. The molecule has 1 amide bonds. The summed E-state index contributed by atoms with van der Waals surface area (Å²) in [6.45, 7) is 1.70. The van der Waals surface area contributed by atoms with Crippen molar-refractivity contribution in [3.8, 4) is 0 Å². The average Bonchev–Trinajstić information content (AvgIpc) is 2.67. The molecule has 0 radical (unpaired) electrons. The van der Waals surface area contributed by atoms with Gasteiger partial charge in [-0.1, -0.05) is 6.92 Å². The van der Waals surface area contributed by atoms with E-state index in [0.29, 0.717) is 12.8 Å². The lowest BCUT2D eigenvalue weighted by molar-refractivity contribution is -0.146. The minimum atomic E-state index is -0.951. The second-order valence-electron chi connectivity index (χ2n) is 4.42. The van der Waals surface area contributed by atoms with Gasteiger partial charge in [-0.05, 0) is 18.8 Å². The van der Waals surface area contributed by atoms with Crippen molar-refractivity contribution in [3.63, 3.8) is 0 Å². The van der Waals surface area contributed by atoms with Crippen molar-refractivity contribution >= 4 is 17.8 Å². The van der Waals surface area contributed by atoms with Crippen LogP contribution >= 0.6 is 0 Å². The molecular weight excluding hydrogens is 226 g/mol. The molecule has 17 heavy (non-hydrogen) atoms. The highest BCUT2D eigenvalue weighted by molar-refractivity contribution is 5.87. The molecule has 1 aliphatic rings. The summed E-state index contributed by atoms with van der Waals surface area (Å²) >= 11 is 0. The summed E-state index contributed by atoms with van der Waals surface area (Å²) in [6.07, 6.45) is 1.05. The molecule has 1 saturated carbocycles.